The summed E-state index contributed by atoms with van der Waals surface area (Å²) in [5.74, 6) is 0.506. The van der Waals surface area contributed by atoms with Crippen molar-refractivity contribution >= 4 is 23.2 Å². The van der Waals surface area contributed by atoms with Gasteiger partial charge in [0, 0.05) is 32.1 Å². The molecule has 0 aliphatic carbocycles. The van der Waals surface area contributed by atoms with Crippen LogP contribution in [0.3, 0.4) is 0 Å². The lowest BCUT2D eigenvalue weighted by atomic mass is 10.3. The molecule has 1 rings (SSSR count). The molecule has 0 amide bonds. The van der Waals surface area contributed by atoms with Gasteiger partial charge in [0.1, 0.15) is 0 Å². The largest absolute Gasteiger partial charge is 0.383 e. The second kappa shape index (κ2) is 8.00. The SMILES string of the molecule is CCc1nn(CC)c(CNC(CCl)COC)c1Cl. The predicted molar refractivity (Wildman–Crippen MR) is 75.5 cm³/mol. The number of ether oxygens (including phenoxy) is 1. The summed E-state index contributed by atoms with van der Waals surface area (Å²) >= 11 is 12.2. The third-order valence-corrected chi connectivity index (χ3v) is 3.62. The van der Waals surface area contributed by atoms with Gasteiger partial charge in [0.05, 0.1) is 23.0 Å². The molecular weight excluding hydrogens is 273 g/mol. The highest BCUT2D eigenvalue weighted by atomic mass is 35.5. The number of rotatable bonds is 8. The molecule has 0 aliphatic rings. The minimum absolute atomic E-state index is 0.123. The van der Waals surface area contributed by atoms with E-state index in [-0.39, 0.29) is 6.04 Å². The summed E-state index contributed by atoms with van der Waals surface area (Å²) in [6.45, 7) is 6.16. The van der Waals surface area contributed by atoms with Gasteiger partial charge in [-0.1, -0.05) is 18.5 Å². The molecule has 104 valence electrons. The Labute approximate surface area is 119 Å². The number of aryl methyl sites for hydroxylation is 2. The summed E-state index contributed by atoms with van der Waals surface area (Å²) in [5.41, 5.74) is 1.96. The fourth-order valence-electron chi connectivity index (χ4n) is 1.79. The molecule has 0 saturated heterocycles. The summed E-state index contributed by atoms with van der Waals surface area (Å²) in [4.78, 5) is 0. The Morgan fingerprint density at radius 2 is 2.17 bits per heavy atom. The van der Waals surface area contributed by atoms with E-state index in [4.69, 9.17) is 27.9 Å². The van der Waals surface area contributed by atoms with E-state index in [9.17, 15) is 0 Å². The number of halogens is 2. The molecule has 0 saturated carbocycles. The molecule has 1 N–H and O–H groups in total. The Morgan fingerprint density at radius 3 is 2.67 bits per heavy atom. The van der Waals surface area contributed by atoms with Crippen LogP contribution in [-0.4, -0.2) is 35.4 Å². The van der Waals surface area contributed by atoms with E-state index >= 15 is 0 Å². The Hall–Kier alpha value is -0.290. The molecule has 0 aliphatic heterocycles. The van der Waals surface area contributed by atoms with E-state index in [1.54, 1.807) is 7.11 Å². The first-order valence-corrected chi connectivity index (χ1v) is 7.11. The second-order valence-electron chi connectivity index (χ2n) is 4.06. The van der Waals surface area contributed by atoms with Crippen LogP contribution in [0.5, 0.6) is 0 Å². The summed E-state index contributed by atoms with van der Waals surface area (Å²) in [5, 5.41) is 8.58. The monoisotopic (exact) mass is 293 g/mol. The molecule has 1 aromatic heterocycles. The van der Waals surface area contributed by atoms with Crippen LogP contribution in [0.1, 0.15) is 25.2 Å². The van der Waals surface area contributed by atoms with Gasteiger partial charge in [-0.2, -0.15) is 5.10 Å². The maximum atomic E-state index is 6.32. The van der Waals surface area contributed by atoms with Crippen LogP contribution in [0.25, 0.3) is 0 Å². The molecule has 1 atom stereocenters. The molecule has 0 bridgehead atoms. The summed E-state index contributed by atoms with van der Waals surface area (Å²) in [6.07, 6.45) is 0.843. The number of nitrogens with one attached hydrogen (secondary N) is 1. The summed E-state index contributed by atoms with van der Waals surface area (Å²) in [6, 6.07) is 0.123. The van der Waals surface area contributed by atoms with Gasteiger partial charge in [-0.15, -0.1) is 11.6 Å². The van der Waals surface area contributed by atoms with Crippen LogP contribution in [0.15, 0.2) is 0 Å². The first kappa shape index (κ1) is 15.8. The molecular formula is C12H21Cl2N3O. The van der Waals surface area contributed by atoms with Crippen molar-refractivity contribution in [1.82, 2.24) is 15.1 Å². The molecule has 0 aromatic carbocycles. The maximum absolute atomic E-state index is 6.32. The molecule has 4 nitrogen and oxygen atoms in total. The highest BCUT2D eigenvalue weighted by molar-refractivity contribution is 6.31. The highest BCUT2D eigenvalue weighted by Crippen LogP contribution is 2.21. The lowest BCUT2D eigenvalue weighted by molar-refractivity contribution is 0.172. The van der Waals surface area contributed by atoms with Gasteiger partial charge in [0.15, 0.2) is 0 Å². The van der Waals surface area contributed by atoms with Crippen LogP contribution in [-0.2, 0) is 24.2 Å². The number of alkyl halides is 1. The van der Waals surface area contributed by atoms with Crippen LogP contribution >= 0.6 is 23.2 Å². The van der Waals surface area contributed by atoms with Crippen molar-refractivity contribution in [2.24, 2.45) is 0 Å². The minimum atomic E-state index is 0.123. The Bertz CT molecular complexity index is 368. The van der Waals surface area contributed by atoms with Gasteiger partial charge < -0.3 is 10.1 Å². The molecule has 1 heterocycles. The quantitative estimate of drug-likeness (QED) is 0.749. The molecule has 1 unspecified atom stereocenters. The van der Waals surface area contributed by atoms with Crippen molar-refractivity contribution in [3.8, 4) is 0 Å². The van der Waals surface area contributed by atoms with Gasteiger partial charge in [0.2, 0.25) is 0 Å². The van der Waals surface area contributed by atoms with Crippen LogP contribution in [0, 0.1) is 0 Å². The van der Waals surface area contributed by atoms with Crippen molar-refractivity contribution in [3.05, 3.63) is 16.4 Å². The molecule has 0 fully saturated rings. The van der Waals surface area contributed by atoms with Crippen molar-refractivity contribution in [2.45, 2.75) is 39.4 Å². The molecule has 0 spiro atoms. The molecule has 18 heavy (non-hydrogen) atoms. The second-order valence-corrected chi connectivity index (χ2v) is 4.75. The third-order valence-electron chi connectivity index (χ3n) is 2.81. The zero-order valence-electron chi connectivity index (χ0n) is 11.2. The average molecular weight is 294 g/mol. The lowest BCUT2D eigenvalue weighted by Gasteiger charge is -2.15. The smallest absolute Gasteiger partial charge is 0.0863 e. The number of hydrogen-bond donors (Lipinski definition) is 1. The van der Waals surface area contributed by atoms with E-state index in [2.05, 4.69) is 24.3 Å². The van der Waals surface area contributed by atoms with E-state index in [1.807, 2.05) is 4.68 Å². The van der Waals surface area contributed by atoms with Crippen molar-refractivity contribution in [2.75, 3.05) is 19.6 Å². The zero-order valence-corrected chi connectivity index (χ0v) is 12.7. The zero-order chi connectivity index (χ0) is 13.5. The van der Waals surface area contributed by atoms with Crippen molar-refractivity contribution in [3.63, 3.8) is 0 Å². The predicted octanol–water partition coefficient (Wildman–Crippen LogP) is 2.46. The Balaban J connectivity index is 2.73. The van der Waals surface area contributed by atoms with Gasteiger partial charge in [-0.05, 0) is 13.3 Å². The van der Waals surface area contributed by atoms with E-state index in [0.717, 1.165) is 29.4 Å². The van der Waals surface area contributed by atoms with Gasteiger partial charge in [-0.3, -0.25) is 4.68 Å². The van der Waals surface area contributed by atoms with E-state index < -0.39 is 0 Å². The topological polar surface area (TPSA) is 39.1 Å². The number of aromatic nitrogens is 2. The fourth-order valence-corrected chi connectivity index (χ4v) is 2.32. The number of hydrogen-bond acceptors (Lipinski definition) is 3. The Morgan fingerprint density at radius 1 is 1.44 bits per heavy atom. The third kappa shape index (κ3) is 3.85. The van der Waals surface area contributed by atoms with Crippen LogP contribution < -0.4 is 5.32 Å². The Kier molecular flexibility index (Phi) is 7.00. The van der Waals surface area contributed by atoms with Crippen LogP contribution in [0.4, 0.5) is 0 Å². The molecule has 1 aromatic rings. The van der Waals surface area contributed by atoms with Crippen LogP contribution in [0.2, 0.25) is 5.02 Å². The molecule has 0 radical (unpaired) electrons. The first-order chi connectivity index (χ1) is 8.67. The number of nitrogens with zero attached hydrogens (tertiary/aromatic N) is 2. The highest BCUT2D eigenvalue weighted by Gasteiger charge is 2.15. The van der Waals surface area contributed by atoms with Gasteiger partial charge >= 0.3 is 0 Å². The van der Waals surface area contributed by atoms with Gasteiger partial charge in [0.25, 0.3) is 0 Å². The fraction of sp³-hybridized carbons (Fsp3) is 0.750. The average Bonchev–Trinajstić information content (AvgIpc) is 2.70. The van der Waals surface area contributed by atoms with Crippen molar-refractivity contribution < 1.29 is 4.74 Å². The first-order valence-electron chi connectivity index (χ1n) is 6.20. The molecule has 6 heteroatoms. The minimum Gasteiger partial charge on any atom is -0.383 e. The summed E-state index contributed by atoms with van der Waals surface area (Å²) in [7, 11) is 1.67. The van der Waals surface area contributed by atoms with Crippen molar-refractivity contribution in [1.29, 1.82) is 0 Å². The van der Waals surface area contributed by atoms with E-state index in [1.165, 1.54) is 0 Å². The maximum Gasteiger partial charge on any atom is 0.0863 e. The normalized spacial score (nSPS) is 12.9. The van der Waals surface area contributed by atoms with E-state index in [0.29, 0.717) is 19.0 Å². The number of methoxy groups -OCH3 is 1. The lowest BCUT2D eigenvalue weighted by Crippen LogP contribution is -2.35. The standard InChI is InChI=1S/C12H21Cl2N3O/c1-4-10-12(14)11(17(5-2)16-10)7-15-9(6-13)8-18-3/h9,15H,4-8H2,1-3H3. The summed E-state index contributed by atoms with van der Waals surface area (Å²) < 4.78 is 7.03. The van der Waals surface area contributed by atoms with Gasteiger partial charge in [-0.25, -0.2) is 0 Å².